The summed E-state index contributed by atoms with van der Waals surface area (Å²) in [6.45, 7) is 5.50. The van der Waals surface area contributed by atoms with Gasteiger partial charge in [0.05, 0.1) is 13.7 Å². The number of hydrogen-bond acceptors (Lipinski definition) is 4. The molecule has 4 rings (SSSR count). The highest BCUT2D eigenvalue weighted by molar-refractivity contribution is 5.59. The molecule has 2 unspecified atom stereocenters. The van der Waals surface area contributed by atoms with Crippen LogP contribution in [0, 0.1) is 12.8 Å². The molecule has 2 aromatic carbocycles. The van der Waals surface area contributed by atoms with E-state index < -0.39 is 0 Å². The minimum atomic E-state index is 0.226. The van der Waals surface area contributed by atoms with E-state index in [9.17, 15) is 5.11 Å². The molecule has 2 heterocycles. The zero-order valence-electron chi connectivity index (χ0n) is 14.2. The van der Waals surface area contributed by atoms with Crippen LogP contribution in [0.25, 0.3) is 0 Å². The van der Waals surface area contributed by atoms with Gasteiger partial charge in [0.15, 0.2) is 11.5 Å². The Labute approximate surface area is 142 Å². The molecule has 0 aromatic heterocycles. The van der Waals surface area contributed by atoms with Crippen LogP contribution in [0.15, 0.2) is 36.4 Å². The zero-order chi connectivity index (χ0) is 16.7. The van der Waals surface area contributed by atoms with Gasteiger partial charge >= 0.3 is 0 Å². The van der Waals surface area contributed by atoms with E-state index in [0.717, 1.165) is 36.5 Å². The summed E-state index contributed by atoms with van der Waals surface area (Å²) in [7, 11) is 1.64. The lowest BCUT2D eigenvalue weighted by Gasteiger charge is -2.29. The van der Waals surface area contributed by atoms with E-state index in [4.69, 9.17) is 9.47 Å². The van der Waals surface area contributed by atoms with Crippen molar-refractivity contribution in [3.63, 3.8) is 0 Å². The molecule has 0 bridgehead atoms. The lowest BCUT2D eigenvalue weighted by molar-refractivity contribution is 0.203. The van der Waals surface area contributed by atoms with Crippen LogP contribution < -0.4 is 9.47 Å². The number of rotatable bonds is 3. The molecule has 2 aromatic rings. The Bertz CT molecular complexity index is 744. The first-order valence-corrected chi connectivity index (χ1v) is 8.47. The Kier molecular flexibility index (Phi) is 3.85. The molecule has 4 nitrogen and oxygen atoms in total. The normalized spacial score (nSPS) is 22.6. The third-order valence-corrected chi connectivity index (χ3v) is 5.32. The van der Waals surface area contributed by atoms with E-state index in [-0.39, 0.29) is 5.75 Å². The van der Waals surface area contributed by atoms with Gasteiger partial charge in [0.25, 0.3) is 0 Å². The van der Waals surface area contributed by atoms with Crippen molar-refractivity contribution in [2.45, 2.75) is 19.4 Å². The fourth-order valence-corrected chi connectivity index (χ4v) is 4.02. The molecular formula is C20H23NO3. The summed E-state index contributed by atoms with van der Waals surface area (Å²) in [4.78, 5) is 2.48. The number of nitrogens with zero attached hydrogens (tertiary/aromatic N) is 1. The maximum absolute atomic E-state index is 10.5. The van der Waals surface area contributed by atoms with Crippen molar-refractivity contribution in [3.05, 3.63) is 53.1 Å². The van der Waals surface area contributed by atoms with Gasteiger partial charge in [-0.25, -0.2) is 0 Å². The molecule has 0 aliphatic carbocycles. The summed E-state index contributed by atoms with van der Waals surface area (Å²) in [5.41, 5.74) is 3.16. The SMILES string of the molecule is COc1cc2c(c(O)c1C)OCC1CN(Cc3ccccc3)CC21. The Morgan fingerprint density at radius 2 is 2.04 bits per heavy atom. The fourth-order valence-electron chi connectivity index (χ4n) is 4.02. The van der Waals surface area contributed by atoms with Crippen molar-refractivity contribution in [1.82, 2.24) is 4.90 Å². The van der Waals surface area contributed by atoms with Crippen molar-refractivity contribution in [2.24, 2.45) is 5.92 Å². The number of phenolic OH excluding ortho intramolecular Hbond substituents is 1. The molecular weight excluding hydrogens is 302 g/mol. The molecule has 0 radical (unpaired) electrons. The lowest BCUT2D eigenvalue weighted by atomic mass is 9.86. The van der Waals surface area contributed by atoms with Gasteiger partial charge in [0.1, 0.15) is 5.75 Å². The van der Waals surface area contributed by atoms with Gasteiger partial charge < -0.3 is 14.6 Å². The smallest absolute Gasteiger partial charge is 0.165 e. The molecule has 1 fully saturated rings. The standard InChI is InChI=1S/C20H23NO3/c1-13-18(23-2)8-16-17-11-21(9-14-6-4-3-5-7-14)10-15(17)12-24-20(16)19(13)22/h3-8,15,17,22H,9-12H2,1-2H3. The summed E-state index contributed by atoms with van der Waals surface area (Å²) in [6, 6.07) is 12.6. The predicted molar refractivity (Wildman–Crippen MR) is 92.8 cm³/mol. The van der Waals surface area contributed by atoms with Crippen LogP contribution in [0.4, 0.5) is 0 Å². The van der Waals surface area contributed by atoms with Gasteiger partial charge in [0, 0.05) is 42.6 Å². The fraction of sp³-hybridized carbons (Fsp3) is 0.400. The van der Waals surface area contributed by atoms with Crippen molar-refractivity contribution >= 4 is 0 Å². The van der Waals surface area contributed by atoms with Crippen LogP contribution in [0.3, 0.4) is 0 Å². The molecule has 1 saturated heterocycles. The second kappa shape index (κ2) is 6.02. The number of aromatic hydroxyl groups is 1. The number of benzene rings is 2. The highest BCUT2D eigenvalue weighted by Crippen LogP contribution is 2.49. The number of phenols is 1. The van der Waals surface area contributed by atoms with Crippen LogP contribution in [0.2, 0.25) is 0 Å². The quantitative estimate of drug-likeness (QED) is 0.940. The van der Waals surface area contributed by atoms with E-state index in [1.54, 1.807) is 7.11 Å². The third kappa shape index (κ3) is 2.51. The summed E-state index contributed by atoms with van der Waals surface area (Å²) >= 11 is 0. The van der Waals surface area contributed by atoms with Crippen LogP contribution >= 0.6 is 0 Å². The molecule has 0 spiro atoms. The van der Waals surface area contributed by atoms with E-state index in [2.05, 4.69) is 35.2 Å². The van der Waals surface area contributed by atoms with E-state index in [1.807, 2.05) is 13.0 Å². The molecule has 2 atom stereocenters. The minimum absolute atomic E-state index is 0.226. The van der Waals surface area contributed by atoms with Gasteiger partial charge in [-0.05, 0) is 18.6 Å². The molecule has 0 saturated carbocycles. The first kappa shape index (κ1) is 15.3. The molecule has 4 heteroatoms. The average Bonchev–Trinajstić information content (AvgIpc) is 3.01. The predicted octanol–water partition coefficient (Wildman–Crippen LogP) is 3.32. The number of fused-ring (bicyclic) bond motifs is 3. The zero-order valence-corrected chi connectivity index (χ0v) is 14.2. The van der Waals surface area contributed by atoms with E-state index in [0.29, 0.717) is 24.2 Å². The van der Waals surface area contributed by atoms with Crippen molar-refractivity contribution in [3.8, 4) is 17.2 Å². The molecule has 1 N–H and O–H groups in total. The van der Waals surface area contributed by atoms with Gasteiger partial charge in [0.2, 0.25) is 0 Å². The highest BCUT2D eigenvalue weighted by atomic mass is 16.5. The minimum Gasteiger partial charge on any atom is -0.504 e. The maximum Gasteiger partial charge on any atom is 0.165 e. The van der Waals surface area contributed by atoms with Gasteiger partial charge in [-0.15, -0.1) is 0 Å². The van der Waals surface area contributed by atoms with Crippen LogP contribution in [-0.2, 0) is 6.54 Å². The Morgan fingerprint density at radius 1 is 1.25 bits per heavy atom. The molecule has 126 valence electrons. The van der Waals surface area contributed by atoms with Crippen LogP contribution in [0.5, 0.6) is 17.2 Å². The summed E-state index contributed by atoms with van der Waals surface area (Å²) < 4.78 is 11.3. The Morgan fingerprint density at radius 3 is 2.79 bits per heavy atom. The molecule has 2 aliphatic heterocycles. The summed E-state index contributed by atoms with van der Waals surface area (Å²) in [6.07, 6.45) is 0. The molecule has 2 aliphatic rings. The maximum atomic E-state index is 10.5. The van der Waals surface area contributed by atoms with Crippen LogP contribution in [0.1, 0.15) is 22.6 Å². The topological polar surface area (TPSA) is 41.9 Å². The first-order chi connectivity index (χ1) is 11.7. The van der Waals surface area contributed by atoms with E-state index >= 15 is 0 Å². The molecule has 24 heavy (non-hydrogen) atoms. The second-order valence-corrected chi connectivity index (χ2v) is 6.83. The average molecular weight is 325 g/mol. The number of methoxy groups -OCH3 is 1. The summed E-state index contributed by atoms with van der Waals surface area (Å²) in [5, 5.41) is 10.5. The van der Waals surface area contributed by atoms with Crippen molar-refractivity contribution in [1.29, 1.82) is 0 Å². The number of likely N-dealkylation sites (tertiary alicyclic amines) is 1. The van der Waals surface area contributed by atoms with E-state index in [1.165, 1.54) is 5.56 Å². The van der Waals surface area contributed by atoms with Gasteiger partial charge in [-0.2, -0.15) is 0 Å². The number of hydrogen-bond donors (Lipinski definition) is 1. The van der Waals surface area contributed by atoms with Gasteiger partial charge in [-0.1, -0.05) is 30.3 Å². The monoisotopic (exact) mass is 325 g/mol. The molecule has 0 amide bonds. The Balaban J connectivity index is 1.61. The van der Waals surface area contributed by atoms with Crippen molar-refractivity contribution < 1.29 is 14.6 Å². The Hall–Kier alpha value is -2.20. The largest absolute Gasteiger partial charge is 0.504 e. The summed E-state index contributed by atoms with van der Waals surface area (Å²) in [5.74, 6) is 2.46. The highest BCUT2D eigenvalue weighted by Gasteiger charge is 2.40. The van der Waals surface area contributed by atoms with Crippen molar-refractivity contribution in [2.75, 3.05) is 26.8 Å². The second-order valence-electron chi connectivity index (χ2n) is 6.83. The van der Waals surface area contributed by atoms with Crippen LogP contribution in [-0.4, -0.2) is 36.8 Å². The third-order valence-electron chi connectivity index (χ3n) is 5.32. The number of ether oxygens (including phenoxy) is 2. The van der Waals surface area contributed by atoms with Gasteiger partial charge in [-0.3, -0.25) is 4.90 Å². The first-order valence-electron chi connectivity index (χ1n) is 8.47. The lowest BCUT2D eigenvalue weighted by Crippen LogP contribution is -2.25.